The summed E-state index contributed by atoms with van der Waals surface area (Å²) in [7, 11) is 0. The highest BCUT2D eigenvalue weighted by atomic mass is 16.6. The third kappa shape index (κ3) is 2.68. The molecule has 2 aromatic heterocycles. The van der Waals surface area contributed by atoms with E-state index in [1.807, 2.05) is 28.7 Å². The minimum atomic E-state index is -0.378. The molecule has 28 heavy (non-hydrogen) atoms. The Balaban J connectivity index is 1.40. The molecule has 2 aromatic carbocycles. The van der Waals surface area contributed by atoms with Crippen molar-refractivity contribution in [3.8, 4) is 0 Å². The molecule has 0 aliphatic carbocycles. The lowest BCUT2D eigenvalue weighted by Gasteiger charge is -2.36. The van der Waals surface area contributed by atoms with E-state index in [2.05, 4.69) is 20.0 Å². The predicted molar refractivity (Wildman–Crippen MR) is 106 cm³/mol. The number of para-hydroxylation sites is 2. The Bertz CT molecular complexity index is 1160. The standard InChI is InChI=1S/C19H17N7O2/c27-26(28)15-7-5-14(6-8-15)23-9-11-24(12-10-23)18-19-22-20-13-25(19)17-4-2-1-3-16(17)21-18/h1-8,13H,9-12H2. The normalized spacial score (nSPS) is 14.7. The molecule has 5 rings (SSSR count). The van der Waals surface area contributed by atoms with Crippen LogP contribution in [0.4, 0.5) is 17.2 Å². The Kier molecular flexibility index (Phi) is 3.78. The van der Waals surface area contributed by atoms with E-state index < -0.39 is 0 Å². The van der Waals surface area contributed by atoms with Crippen molar-refractivity contribution in [2.45, 2.75) is 0 Å². The number of aromatic nitrogens is 4. The Labute approximate surface area is 160 Å². The van der Waals surface area contributed by atoms with Crippen molar-refractivity contribution in [1.29, 1.82) is 0 Å². The van der Waals surface area contributed by atoms with E-state index in [9.17, 15) is 10.1 Å². The maximum Gasteiger partial charge on any atom is 0.269 e. The van der Waals surface area contributed by atoms with Crippen molar-refractivity contribution in [2.24, 2.45) is 0 Å². The van der Waals surface area contributed by atoms with E-state index in [0.29, 0.717) is 0 Å². The van der Waals surface area contributed by atoms with Gasteiger partial charge in [-0.05, 0) is 24.3 Å². The second-order valence-corrected chi connectivity index (χ2v) is 6.70. The fourth-order valence-corrected chi connectivity index (χ4v) is 3.66. The van der Waals surface area contributed by atoms with Gasteiger partial charge in [0.15, 0.2) is 5.82 Å². The molecule has 4 aromatic rings. The predicted octanol–water partition coefficient (Wildman–Crippen LogP) is 2.51. The van der Waals surface area contributed by atoms with Crippen molar-refractivity contribution in [1.82, 2.24) is 19.6 Å². The summed E-state index contributed by atoms with van der Waals surface area (Å²) in [6.07, 6.45) is 1.72. The summed E-state index contributed by atoms with van der Waals surface area (Å²) in [5.41, 5.74) is 3.74. The van der Waals surface area contributed by atoms with Gasteiger partial charge in [-0.25, -0.2) is 4.98 Å². The molecule has 3 heterocycles. The number of nitro groups is 1. The fraction of sp³-hybridized carbons (Fsp3) is 0.211. The average molecular weight is 375 g/mol. The molecule has 0 amide bonds. The average Bonchev–Trinajstić information content (AvgIpc) is 3.24. The molecule has 0 atom stereocenters. The number of piperazine rings is 1. The molecule has 1 saturated heterocycles. The van der Waals surface area contributed by atoms with E-state index >= 15 is 0 Å². The van der Waals surface area contributed by atoms with Crippen LogP contribution in [-0.2, 0) is 0 Å². The molecule has 0 unspecified atom stereocenters. The van der Waals surface area contributed by atoms with Gasteiger partial charge >= 0.3 is 0 Å². The molecule has 1 fully saturated rings. The number of anilines is 2. The van der Waals surface area contributed by atoms with Crippen molar-refractivity contribution < 1.29 is 4.92 Å². The van der Waals surface area contributed by atoms with Gasteiger partial charge < -0.3 is 9.80 Å². The highest BCUT2D eigenvalue weighted by Crippen LogP contribution is 2.26. The highest BCUT2D eigenvalue weighted by molar-refractivity contribution is 5.83. The molecule has 1 aliphatic rings. The van der Waals surface area contributed by atoms with Crippen LogP contribution in [-0.4, -0.2) is 50.7 Å². The molecule has 0 spiro atoms. The summed E-state index contributed by atoms with van der Waals surface area (Å²) in [6, 6.07) is 14.7. The van der Waals surface area contributed by atoms with Crippen LogP contribution in [0.5, 0.6) is 0 Å². The first-order valence-corrected chi connectivity index (χ1v) is 9.03. The van der Waals surface area contributed by atoms with Crippen molar-refractivity contribution in [2.75, 3.05) is 36.0 Å². The second-order valence-electron chi connectivity index (χ2n) is 6.70. The van der Waals surface area contributed by atoms with Crippen molar-refractivity contribution >= 4 is 33.9 Å². The summed E-state index contributed by atoms with van der Waals surface area (Å²) < 4.78 is 1.97. The zero-order valence-corrected chi connectivity index (χ0v) is 15.0. The zero-order valence-electron chi connectivity index (χ0n) is 15.0. The molecule has 0 radical (unpaired) electrons. The smallest absolute Gasteiger partial charge is 0.269 e. The van der Waals surface area contributed by atoms with Gasteiger partial charge in [-0.15, -0.1) is 10.2 Å². The summed E-state index contributed by atoms with van der Waals surface area (Å²) in [6.45, 7) is 3.16. The monoisotopic (exact) mass is 375 g/mol. The van der Waals surface area contributed by atoms with Crippen LogP contribution in [0.3, 0.4) is 0 Å². The molecule has 1 aliphatic heterocycles. The number of hydrogen-bond donors (Lipinski definition) is 0. The van der Waals surface area contributed by atoms with Crippen LogP contribution in [0.1, 0.15) is 0 Å². The summed E-state index contributed by atoms with van der Waals surface area (Å²) >= 11 is 0. The highest BCUT2D eigenvalue weighted by Gasteiger charge is 2.22. The van der Waals surface area contributed by atoms with Crippen LogP contribution in [0.2, 0.25) is 0 Å². The number of nitro benzene ring substituents is 1. The Morgan fingerprint density at radius 1 is 0.929 bits per heavy atom. The molecule has 9 nitrogen and oxygen atoms in total. The van der Waals surface area contributed by atoms with Gasteiger partial charge in [-0.3, -0.25) is 14.5 Å². The van der Waals surface area contributed by atoms with Crippen molar-refractivity contribution in [3.63, 3.8) is 0 Å². The quantitative estimate of drug-likeness (QED) is 0.401. The van der Waals surface area contributed by atoms with E-state index in [1.54, 1.807) is 30.6 Å². The van der Waals surface area contributed by atoms with Gasteiger partial charge in [-0.2, -0.15) is 0 Å². The van der Waals surface area contributed by atoms with Crippen LogP contribution in [0.15, 0.2) is 54.9 Å². The van der Waals surface area contributed by atoms with Gasteiger partial charge in [0, 0.05) is 44.0 Å². The first-order valence-electron chi connectivity index (χ1n) is 9.03. The Morgan fingerprint density at radius 2 is 1.64 bits per heavy atom. The summed E-state index contributed by atoms with van der Waals surface area (Å²) in [4.78, 5) is 19.7. The lowest BCUT2D eigenvalue weighted by Crippen LogP contribution is -2.47. The van der Waals surface area contributed by atoms with E-state index in [4.69, 9.17) is 4.98 Å². The van der Waals surface area contributed by atoms with Crippen molar-refractivity contribution in [3.05, 3.63) is 65.0 Å². The first kappa shape index (κ1) is 16.4. The number of nitrogens with zero attached hydrogens (tertiary/aromatic N) is 7. The molecule has 0 bridgehead atoms. The summed E-state index contributed by atoms with van der Waals surface area (Å²) in [5.74, 6) is 0.833. The maximum absolute atomic E-state index is 10.8. The minimum Gasteiger partial charge on any atom is -0.368 e. The number of non-ortho nitro benzene ring substituents is 1. The van der Waals surface area contributed by atoms with E-state index in [-0.39, 0.29) is 10.6 Å². The van der Waals surface area contributed by atoms with E-state index in [0.717, 1.165) is 54.4 Å². The lowest BCUT2D eigenvalue weighted by atomic mass is 10.2. The molecule has 140 valence electrons. The molecule has 9 heteroatoms. The van der Waals surface area contributed by atoms with Gasteiger partial charge in [0.25, 0.3) is 5.69 Å². The van der Waals surface area contributed by atoms with Crippen LogP contribution < -0.4 is 9.80 Å². The molecule has 0 saturated carbocycles. The Hall–Kier alpha value is -3.75. The fourth-order valence-electron chi connectivity index (χ4n) is 3.66. The van der Waals surface area contributed by atoms with Gasteiger partial charge in [-0.1, -0.05) is 12.1 Å². The number of rotatable bonds is 3. The third-order valence-corrected chi connectivity index (χ3v) is 5.12. The Morgan fingerprint density at radius 3 is 2.39 bits per heavy atom. The van der Waals surface area contributed by atoms with E-state index in [1.165, 1.54) is 0 Å². The molecular weight excluding hydrogens is 358 g/mol. The van der Waals surface area contributed by atoms with Crippen LogP contribution in [0, 0.1) is 10.1 Å². The topological polar surface area (TPSA) is 92.7 Å². The summed E-state index contributed by atoms with van der Waals surface area (Å²) in [5, 5.41) is 19.2. The number of benzene rings is 2. The number of fused-ring (bicyclic) bond motifs is 3. The SMILES string of the molecule is O=[N+]([O-])c1ccc(N2CCN(c3nc4ccccc4n4cnnc34)CC2)cc1. The molecular formula is C19H17N7O2. The minimum absolute atomic E-state index is 0.108. The van der Waals surface area contributed by atoms with Crippen LogP contribution >= 0.6 is 0 Å². The maximum atomic E-state index is 10.8. The van der Waals surface area contributed by atoms with Gasteiger partial charge in [0.2, 0.25) is 5.65 Å². The third-order valence-electron chi connectivity index (χ3n) is 5.12. The zero-order chi connectivity index (χ0) is 19.1. The number of hydrogen-bond acceptors (Lipinski definition) is 7. The largest absolute Gasteiger partial charge is 0.368 e. The first-order chi connectivity index (χ1) is 13.7. The second kappa shape index (κ2) is 6.45. The molecule has 0 N–H and O–H groups in total. The van der Waals surface area contributed by atoms with Gasteiger partial charge in [0.05, 0.1) is 16.0 Å². The van der Waals surface area contributed by atoms with Crippen LogP contribution in [0.25, 0.3) is 16.7 Å². The lowest BCUT2D eigenvalue weighted by molar-refractivity contribution is -0.384. The van der Waals surface area contributed by atoms with Gasteiger partial charge in [0.1, 0.15) is 6.33 Å².